The van der Waals surface area contributed by atoms with Gasteiger partial charge in [0.1, 0.15) is 11.5 Å². The summed E-state index contributed by atoms with van der Waals surface area (Å²) in [6.45, 7) is 0. The molecule has 3 aromatic rings. The Labute approximate surface area is 242 Å². The Morgan fingerprint density at radius 1 is 0.881 bits per heavy atom. The van der Waals surface area contributed by atoms with Crippen LogP contribution in [-0.2, 0) is 24.6 Å². The summed E-state index contributed by atoms with van der Waals surface area (Å²) in [5.74, 6) is -3.93. The van der Waals surface area contributed by atoms with Crippen LogP contribution in [0, 0.1) is 23.7 Å². The number of rotatable bonds is 4. The molecule has 7 rings (SSSR count). The van der Waals surface area contributed by atoms with Crippen LogP contribution < -0.4 is 10.1 Å². The molecule has 3 aliphatic carbocycles. The molecule has 0 spiro atoms. The van der Waals surface area contributed by atoms with Crippen molar-refractivity contribution in [2.24, 2.45) is 23.7 Å². The largest absolute Gasteiger partial charge is 0.508 e. The fourth-order valence-electron chi connectivity index (χ4n) is 8.02. The summed E-state index contributed by atoms with van der Waals surface area (Å²) < 4.78 is 5.35. The van der Waals surface area contributed by atoms with Crippen molar-refractivity contribution in [2.45, 2.75) is 24.2 Å². The van der Waals surface area contributed by atoms with Gasteiger partial charge in [-0.2, -0.15) is 0 Å². The van der Waals surface area contributed by atoms with Crippen molar-refractivity contribution in [2.75, 3.05) is 7.11 Å². The number of fused-ring (bicyclic) bond motifs is 4. The predicted octanol–water partition coefficient (Wildman–Crippen LogP) is 4.51. The third kappa shape index (κ3) is 3.59. The molecule has 1 aliphatic heterocycles. The van der Waals surface area contributed by atoms with Gasteiger partial charge in [0.15, 0.2) is 11.6 Å². The number of hydrogen-bond donors (Lipinski definition) is 2. The summed E-state index contributed by atoms with van der Waals surface area (Å²) in [6.07, 6.45) is 4.00. The van der Waals surface area contributed by atoms with Gasteiger partial charge in [0.2, 0.25) is 11.8 Å². The maximum absolute atomic E-state index is 14.8. The number of allylic oxidation sites excluding steroid dienone is 4. The van der Waals surface area contributed by atoms with Gasteiger partial charge in [-0.15, -0.1) is 0 Å². The molecule has 3 aromatic carbocycles. The van der Waals surface area contributed by atoms with Crippen LogP contribution in [0.25, 0.3) is 5.57 Å². The number of phenols is 1. The van der Waals surface area contributed by atoms with Crippen LogP contribution in [0.3, 0.4) is 0 Å². The maximum Gasteiger partial charge on any atom is 0.231 e. The smallest absolute Gasteiger partial charge is 0.231 e. The first-order chi connectivity index (χ1) is 20.4. The number of aromatic hydroxyl groups is 1. The van der Waals surface area contributed by atoms with Gasteiger partial charge in [-0.3, -0.25) is 24.5 Å². The highest BCUT2D eigenvalue weighted by Gasteiger charge is 2.65. The number of nitrogens with one attached hydrogen (secondary N) is 1. The molecule has 7 nitrogen and oxygen atoms in total. The van der Waals surface area contributed by atoms with Crippen LogP contribution in [0.2, 0.25) is 0 Å². The van der Waals surface area contributed by atoms with Crippen molar-refractivity contribution in [3.63, 3.8) is 0 Å². The number of carbonyl (C=O) groups is 4. The number of amides is 2. The van der Waals surface area contributed by atoms with E-state index in [9.17, 15) is 24.3 Å². The zero-order valence-electron chi connectivity index (χ0n) is 22.9. The predicted molar refractivity (Wildman–Crippen MR) is 154 cm³/mol. The zero-order chi connectivity index (χ0) is 29.2. The van der Waals surface area contributed by atoms with E-state index in [4.69, 9.17) is 4.74 Å². The van der Waals surface area contributed by atoms with E-state index in [1.165, 1.54) is 19.3 Å². The monoisotopic (exact) mass is 559 g/mol. The van der Waals surface area contributed by atoms with Crippen molar-refractivity contribution in [1.82, 2.24) is 5.32 Å². The maximum atomic E-state index is 14.8. The molecule has 6 atom stereocenters. The van der Waals surface area contributed by atoms with E-state index in [0.29, 0.717) is 34.4 Å². The van der Waals surface area contributed by atoms with E-state index in [0.717, 1.165) is 5.57 Å². The van der Waals surface area contributed by atoms with Crippen molar-refractivity contribution in [1.29, 1.82) is 0 Å². The van der Waals surface area contributed by atoms with Crippen LogP contribution in [0.1, 0.15) is 35.4 Å². The lowest BCUT2D eigenvalue weighted by Gasteiger charge is -2.55. The number of methoxy groups -OCH3 is 1. The third-order valence-electron chi connectivity index (χ3n) is 9.77. The molecular formula is C35H29NO6. The first kappa shape index (κ1) is 26.1. The Bertz CT molecular complexity index is 1710. The second-order valence-electron chi connectivity index (χ2n) is 11.6. The highest BCUT2D eigenvalue weighted by molar-refractivity contribution is 6.31. The van der Waals surface area contributed by atoms with Crippen molar-refractivity contribution in [3.05, 3.63) is 113 Å². The summed E-state index contributed by atoms with van der Waals surface area (Å²) in [7, 11) is 1.51. The summed E-state index contributed by atoms with van der Waals surface area (Å²) in [5.41, 5.74) is 1.56. The van der Waals surface area contributed by atoms with Gasteiger partial charge in [-0.05, 0) is 42.0 Å². The third-order valence-corrected chi connectivity index (χ3v) is 9.77. The molecule has 2 N–H and O–H groups in total. The molecule has 0 aromatic heterocycles. The van der Waals surface area contributed by atoms with Crippen molar-refractivity contribution < 1.29 is 29.0 Å². The molecule has 0 bridgehead atoms. The second-order valence-corrected chi connectivity index (χ2v) is 11.6. The topological polar surface area (TPSA) is 110 Å². The summed E-state index contributed by atoms with van der Waals surface area (Å²) >= 11 is 0. The summed E-state index contributed by atoms with van der Waals surface area (Å²) in [6, 6.07) is 23.4. The Hall–Kier alpha value is -4.78. The van der Waals surface area contributed by atoms with Gasteiger partial charge in [0, 0.05) is 29.0 Å². The van der Waals surface area contributed by atoms with Gasteiger partial charge in [0.05, 0.1) is 24.4 Å². The van der Waals surface area contributed by atoms with Gasteiger partial charge in [0.25, 0.3) is 0 Å². The lowest BCUT2D eigenvalue weighted by atomic mass is 9.44. The molecular weight excluding hydrogens is 530 g/mol. The van der Waals surface area contributed by atoms with Crippen molar-refractivity contribution >= 4 is 29.0 Å². The molecule has 210 valence electrons. The quantitative estimate of drug-likeness (QED) is 0.360. The van der Waals surface area contributed by atoms with E-state index < -0.39 is 35.0 Å². The molecule has 42 heavy (non-hydrogen) atoms. The standard InChI is InChI=1S/C35H29NO6/c1-42-21-12-13-23(28(37)16-21)31-22-14-15-24-30(34(41)36-33(24)40)26(22)17-27-32(39)25(19-8-4-2-5-9-19)18-29(38)35(27,31)20-10-6-3-7-11-20/h2-14,16,18,24,26-27,30-31,37H,15,17H2,1H3,(H,36,40,41)/t24-,26+,27-,30-,31+,35-/m0/s1. The Kier molecular flexibility index (Phi) is 6.01. The number of carbonyl (C=O) groups excluding carboxylic acids is 4. The normalized spacial score (nSPS) is 30.0. The van der Waals surface area contributed by atoms with E-state index in [1.807, 2.05) is 66.7 Å². The highest BCUT2D eigenvalue weighted by Crippen LogP contribution is 2.64. The lowest BCUT2D eigenvalue weighted by molar-refractivity contribution is -0.135. The molecule has 0 radical (unpaired) electrons. The van der Waals surface area contributed by atoms with Gasteiger partial charge in [-0.1, -0.05) is 78.4 Å². The van der Waals surface area contributed by atoms with Crippen LogP contribution in [0.15, 0.2) is 96.6 Å². The van der Waals surface area contributed by atoms with Gasteiger partial charge >= 0.3 is 0 Å². The highest BCUT2D eigenvalue weighted by atomic mass is 16.5. The van der Waals surface area contributed by atoms with E-state index in [1.54, 1.807) is 12.1 Å². The molecule has 0 unspecified atom stereocenters. The molecule has 7 heteroatoms. The number of hydrogen-bond acceptors (Lipinski definition) is 6. The zero-order valence-corrected chi connectivity index (χ0v) is 22.9. The number of benzene rings is 3. The minimum absolute atomic E-state index is 0.0675. The number of phenolic OH excluding ortho intramolecular Hbond substituents is 1. The number of ketones is 2. The first-order valence-electron chi connectivity index (χ1n) is 14.2. The van der Waals surface area contributed by atoms with Crippen molar-refractivity contribution in [3.8, 4) is 11.5 Å². The van der Waals surface area contributed by atoms with E-state index >= 15 is 0 Å². The fourth-order valence-corrected chi connectivity index (χ4v) is 8.02. The Morgan fingerprint density at radius 3 is 2.29 bits per heavy atom. The van der Waals surface area contributed by atoms with Crippen LogP contribution in [0.5, 0.6) is 11.5 Å². The molecule has 4 aliphatic rings. The second kappa shape index (κ2) is 9.65. The van der Waals surface area contributed by atoms with Crippen LogP contribution >= 0.6 is 0 Å². The van der Waals surface area contributed by atoms with E-state index in [-0.39, 0.29) is 35.6 Å². The van der Waals surface area contributed by atoms with Gasteiger partial charge < -0.3 is 9.84 Å². The van der Waals surface area contributed by atoms with E-state index in [2.05, 4.69) is 5.32 Å². The SMILES string of the molecule is COc1ccc([C@H]2C3=CC[C@@H]4C(=O)NC(=O)[C@@H]4[C@@H]3C[C@H]3C(=O)C(c4ccccc4)=CC(=O)[C@@]23c2ccccc2)c(O)c1. The van der Waals surface area contributed by atoms with Gasteiger partial charge in [-0.25, -0.2) is 0 Å². The molecule has 1 saturated heterocycles. The number of imide groups is 1. The Morgan fingerprint density at radius 2 is 1.60 bits per heavy atom. The van der Waals surface area contributed by atoms with Crippen LogP contribution in [0.4, 0.5) is 0 Å². The average molecular weight is 560 g/mol. The minimum atomic E-state index is -1.38. The first-order valence-corrected chi connectivity index (χ1v) is 14.2. The summed E-state index contributed by atoms with van der Waals surface area (Å²) in [4.78, 5) is 55.5. The fraction of sp³-hybridized carbons (Fsp3) is 0.257. The number of Topliss-reactive ketones (excluding diaryl/α,β-unsaturated/α-hetero) is 1. The molecule has 2 amide bonds. The lowest BCUT2D eigenvalue weighted by Crippen LogP contribution is -2.58. The van der Waals surface area contributed by atoms with Crippen LogP contribution in [-0.4, -0.2) is 35.6 Å². The summed E-state index contributed by atoms with van der Waals surface area (Å²) in [5, 5.41) is 13.9. The number of ether oxygens (including phenoxy) is 1. The molecule has 1 heterocycles. The molecule has 2 fully saturated rings. The molecule has 1 saturated carbocycles. The average Bonchev–Trinajstić information content (AvgIpc) is 3.31. The Balaban J connectivity index is 1.53. The minimum Gasteiger partial charge on any atom is -0.508 e.